The quantitative estimate of drug-likeness (QED) is 0.516. The van der Waals surface area contributed by atoms with Gasteiger partial charge in [0.05, 0.1) is 11.0 Å². The van der Waals surface area contributed by atoms with E-state index in [-0.39, 0.29) is 3.57 Å². The number of nitrogens with zero attached hydrogens (tertiary/aromatic N) is 2. The van der Waals surface area contributed by atoms with Gasteiger partial charge in [0.25, 0.3) is 12.1 Å². The van der Waals surface area contributed by atoms with E-state index in [1.807, 2.05) is 0 Å². The van der Waals surface area contributed by atoms with Gasteiger partial charge in [-0.15, -0.1) is 0 Å². The smallest absolute Gasteiger partial charge is 0.354 e. The molecule has 0 saturated heterocycles. The number of hydrogen-bond donors (Lipinski definition) is 1. The van der Waals surface area contributed by atoms with E-state index in [2.05, 4.69) is 4.98 Å². The third-order valence-electron chi connectivity index (χ3n) is 1.59. The van der Waals surface area contributed by atoms with Crippen LogP contribution in [0.15, 0.2) is 6.07 Å². The first-order chi connectivity index (χ1) is 7.34. The summed E-state index contributed by atoms with van der Waals surface area (Å²) in [5, 5.41) is 19.1. The van der Waals surface area contributed by atoms with Gasteiger partial charge in [0.2, 0.25) is 0 Å². The number of halogens is 3. The third kappa shape index (κ3) is 2.40. The first-order valence-corrected chi connectivity index (χ1v) is 4.78. The number of aromatic nitrogens is 1. The number of hydrogen-bond acceptors (Lipinski definition) is 4. The number of nitro groups is 1. The topological polar surface area (TPSA) is 93.3 Å². The molecule has 0 aliphatic rings. The molecule has 1 rings (SSSR count). The van der Waals surface area contributed by atoms with Gasteiger partial charge in [-0.25, -0.2) is 18.6 Å². The SMILES string of the molecule is O=C(O)c1cc([N+](=O)[O-])c(I)c(C(F)F)n1. The zero-order valence-corrected chi connectivity index (χ0v) is 9.51. The highest BCUT2D eigenvalue weighted by molar-refractivity contribution is 14.1. The van der Waals surface area contributed by atoms with Crippen LogP contribution in [0.4, 0.5) is 14.5 Å². The lowest BCUT2D eigenvalue weighted by Crippen LogP contribution is -2.08. The van der Waals surface area contributed by atoms with Crippen LogP contribution in [0.2, 0.25) is 0 Å². The van der Waals surface area contributed by atoms with Crippen molar-refractivity contribution >= 4 is 34.2 Å². The highest BCUT2D eigenvalue weighted by Gasteiger charge is 2.26. The molecule has 0 amide bonds. The Hall–Kier alpha value is -1.39. The first kappa shape index (κ1) is 12.7. The van der Waals surface area contributed by atoms with Gasteiger partial charge in [0.1, 0.15) is 9.26 Å². The van der Waals surface area contributed by atoms with E-state index >= 15 is 0 Å². The van der Waals surface area contributed by atoms with Gasteiger partial charge >= 0.3 is 5.97 Å². The van der Waals surface area contributed by atoms with Crippen molar-refractivity contribution in [1.82, 2.24) is 4.98 Å². The summed E-state index contributed by atoms with van der Waals surface area (Å²) < 4.78 is 24.5. The Balaban J connectivity index is 3.51. The molecule has 0 aliphatic carbocycles. The fourth-order valence-corrected chi connectivity index (χ4v) is 1.63. The van der Waals surface area contributed by atoms with E-state index in [1.165, 1.54) is 22.6 Å². The van der Waals surface area contributed by atoms with Crippen LogP contribution in [-0.4, -0.2) is 21.0 Å². The van der Waals surface area contributed by atoms with Gasteiger partial charge in [-0.2, -0.15) is 0 Å². The molecule has 6 nitrogen and oxygen atoms in total. The summed E-state index contributed by atoms with van der Waals surface area (Å²) in [4.78, 5) is 23.3. The Bertz CT molecular complexity index is 466. The molecule has 1 heterocycles. The number of carbonyl (C=O) groups is 1. The second-order valence-corrected chi connectivity index (χ2v) is 3.67. The number of carboxylic acid groups (broad SMARTS) is 1. The number of pyridine rings is 1. The lowest BCUT2D eigenvalue weighted by molar-refractivity contribution is -0.386. The van der Waals surface area contributed by atoms with Crippen LogP contribution in [0.25, 0.3) is 0 Å². The van der Waals surface area contributed by atoms with E-state index < -0.39 is 34.4 Å². The van der Waals surface area contributed by atoms with Gasteiger partial charge in [-0.1, -0.05) is 0 Å². The van der Waals surface area contributed by atoms with Gasteiger partial charge in [-0.05, 0) is 22.6 Å². The summed E-state index contributed by atoms with van der Waals surface area (Å²) in [5.41, 5.74) is -2.36. The van der Waals surface area contributed by atoms with Crippen LogP contribution in [0.5, 0.6) is 0 Å². The van der Waals surface area contributed by atoms with Crippen LogP contribution in [0.1, 0.15) is 22.6 Å². The minimum atomic E-state index is -3.06. The molecular weight excluding hydrogens is 341 g/mol. The maximum absolute atomic E-state index is 12.4. The fraction of sp³-hybridized carbons (Fsp3) is 0.143. The minimum absolute atomic E-state index is 0.359. The predicted octanol–water partition coefficient (Wildman–Crippen LogP) is 2.23. The molecule has 0 atom stereocenters. The molecule has 0 radical (unpaired) electrons. The average Bonchev–Trinajstić information content (AvgIpc) is 2.16. The van der Waals surface area contributed by atoms with Crippen LogP contribution >= 0.6 is 22.6 Å². The molecule has 16 heavy (non-hydrogen) atoms. The van der Waals surface area contributed by atoms with E-state index in [4.69, 9.17) is 5.11 Å². The lowest BCUT2D eigenvalue weighted by atomic mass is 10.2. The van der Waals surface area contributed by atoms with Crippen molar-refractivity contribution in [2.45, 2.75) is 6.43 Å². The summed E-state index contributed by atoms with van der Waals surface area (Å²) in [6.07, 6.45) is -3.06. The molecule has 0 saturated carbocycles. The highest BCUT2D eigenvalue weighted by atomic mass is 127. The van der Waals surface area contributed by atoms with Crippen molar-refractivity contribution in [2.75, 3.05) is 0 Å². The van der Waals surface area contributed by atoms with Crippen molar-refractivity contribution in [3.8, 4) is 0 Å². The van der Waals surface area contributed by atoms with Crippen molar-refractivity contribution < 1.29 is 23.6 Å². The number of rotatable bonds is 3. The van der Waals surface area contributed by atoms with E-state index in [0.717, 1.165) is 0 Å². The Kier molecular flexibility index (Phi) is 3.67. The molecule has 0 bridgehead atoms. The third-order valence-corrected chi connectivity index (χ3v) is 2.69. The maximum atomic E-state index is 12.4. The van der Waals surface area contributed by atoms with Gasteiger partial charge in [0.15, 0.2) is 5.69 Å². The van der Waals surface area contributed by atoms with E-state index in [1.54, 1.807) is 0 Å². The van der Waals surface area contributed by atoms with Crippen LogP contribution < -0.4 is 0 Å². The van der Waals surface area contributed by atoms with Crippen molar-refractivity contribution in [2.24, 2.45) is 0 Å². The molecule has 1 aromatic heterocycles. The number of aromatic carboxylic acids is 1. The fourth-order valence-electron chi connectivity index (χ4n) is 0.922. The zero-order chi connectivity index (χ0) is 12.5. The Labute approximate surface area is 101 Å². The number of alkyl halides is 2. The second kappa shape index (κ2) is 4.63. The number of carboxylic acids is 1. The van der Waals surface area contributed by atoms with E-state index in [0.29, 0.717) is 6.07 Å². The van der Waals surface area contributed by atoms with E-state index in [9.17, 15) is 23.7 Å². The maximum Gasteiger partial charge on any atom is 0.354 e. The summed E-state index contributed by atoms with van der Waals surface area (Å²) in [6.45, 7) is 0. The Morgan fingerprint density at radius 2 is 2.19 bits per heavy atom. The first-order valence-electron chi connectivity index (χ1n) is 3.71. The second-order valence-electron chi connectivity index (χ2n) is 2.59. The predicted molar refractivity (Wildman–Crippen MR) is 55.5 cm³/mol. The van der Waals surface area contributed by atoms with Crippen LogP contribution in [-0.2, 0) is 0 Å². The summed E-state index contributed by atoms with van der Waals surface area (Å²) >= 11 is 1.33. The summed E-state index contributed by atoms with van der Waals surface area (Å²) in [7, 11) is 0. The molecular formula is C7H3F2IN2O4. The molecule has 0 fully saturated rings. The van der Waals surface area contributed by atoms with Crippen molar-refractivity contribution in [1.29, 1.82) is 0 Å². The Morgan fingerprint density at radius 1 is 1.62 bits per heavy atom. The molecule has 86 valence electrons. The summed E-state index contributed by atoms with van der Waals surface area (Å²) in [5.74, 6) is -1.60. The van der Waals surface area contributed by atoms with Gasteiger partial charge in [-0.3, -0.25) is 10.1 Å². The zero-order valence-electron chi connectivity index (χ0n) is 7.35. The largest absolute Gasteiger partial charge is 0.477 e. The van der Waals surface area contributed by atoms with Gasteiger partial charge in [0, 0.05) is 0 Å². The monoisotopic (exact) mass is 344 g/mol. The molecule has 0 aliphatic heterocycles. The molecule has 9 heteroatoms. The Morgan fingerprint density at radius 3 is 2.56 bits per heavy atom. The molecule has 0 unspecified atom stereocenters. The highest BCUT2D eigenvalue weighted by Crippen LogP contribution is 2.30. The molecule has 1 aromatic rings. The average molecular weight is 344 g/mol. The standard InChI is InChI=1S/C7H3F2IN2O4/c8-6(9)5-4(10)3(12(15)16)1-2(11-5)7(13)14/h1,6H,(H,13,14). The molecule has 1 N–H and O–H groups in total. The van der Waals surface area contributed by atoms with Crippen molar-refractivity contribution in [3.63, 3.8) is 0 Å². The van der Waals surface area contributed by atoms with Crippen LogP contribution in [0.3, 0.4) is 0 Å². The summed E-state index contributed by atoms with van der Waals surface area (Å²) in [6, 6.07) is 0.649. The van der Waals surface area contributed by atoms with Gasteiger partial charge < -0.3 is 5.11 Å². The lowest BCUT2D eigenvalue weighted by Gasteiger charge is -2.04. The van der Waals surface area contributed by atoms with Crippen LogP contribution in [0, 0.1) is 13.7 Å². The van der Waals surface area contributed by atoms with Crippen molar-refractivity contribution in [3.05, 3.63) is 31.1 Å². The normalized spacial score (nSPS) is 10.5. The molecule has 0 spiro atoms. The minimum Gasteiger partial charge on any atom is -0.477 e. The molecule has 0 aromatic carbocycles.